The zero-order valence-electron chi connectivity index (χ0n) is 25.2. The fourth-order valence-electron chi connectivity index (χ4n) is 4.82. The maximum Gasteiger partial charge on any atom is 0.416 e. The SMILES string of the molecule is CNC(=O)[C@]12C[C@H]1[C@@](C)(c1cc(/C=C(\F)c3cnc(C#CCO)cn3)ccc1F)N=C(OC(=O)NCOCC[Si](C)(C)C)S2. The second kappa shape index (κ2) is 13.6. The maximum absolute atomic E-state index is 15.4. The Bertz CT molecular complexity index is 1540. The van der Waals surface area contributed by atoms with Crippen molar-refractivity contribution in [3.63, 3.8) is 0 Å². The minimum absolute atomic E-state index is 0.0561. The Kier molecular flexibility index (Phi) is 10.2. The molecule has 0 unspecified atom stereocenters. The normalized spacial score (nSPS) is 22.6. The van der Waals surface area contributed by atoms with E-state index < -0.39 is 42.0 Å². The quantitative estimate of drug-likeness (QED) is 0.160. The number of carbonyl (C=O) groups excluding carboxylic acids is 2. The number of nitrogens with one attached hydrogen (secondary N) is 2. The molecule has 2 heterocycles. The van der Waals surface area contributed by atoms with E-state index in [0.29, 0.717) is 18.6 Å². The second-order valence-electron chi connectivity index (χ2n) is 11.8. The van der Waals surface area contributed by atoms with Crippen LogP contribution in [0.25, 0.3) is 11.9 Å². The topological polar surface area (TPSA) is 135 Å². The van der Waals surface area contributed by atoms with Crippen molar-refractivity contribution >= 4 is 49.0 Å². The predicted molar refractivity (Wildman–Crippen MR) is 167 cm³/mol. The first-order chi connectivity index (χ1) is 20.8. The van der Waals surface area contributed by atoms with Crippen LogP contribution in [0.3, 0.4) is 0 Å². The molecule has 1 aromatic carbocycles. The van der Waals surface area contributed by atoms with E-state index in [1.807, 2.05) is 0 Å². The molecule has 0 bridgehead atoms. The molecule has 14 heteroatoms. The van der Waals surface area contributed by atoms with Crippen LogP contribution in [0.2, 0.25) is 25.7 Å². The fourth-order valence-corrected chi connectivity index (χ4v) is 7.06. The molecule has 10 nitrogen and oxygen atoms in total. The van der Waals surface area contributed by atoms with Gasteiger partial charge in [0.15, 0.2) is 5.83 Å². The standard InChI is InChI=1S/C30H35F2N5O5SSi/c1-29(21-13-19(8-9-22(21)31)14-23(32)24-17-34-20(16-35-24)7-6-10-38)25-15-30(25,26(39)33-2)43-28(37-29)42-27(40)36-18-41-11-12-44(3,4)5/h8-9,13-14,16-17,25,38H,10-12,15,18H2,1-5H3,(H,33,39)(H,36,40)/b23-14-/t25-,29+,30-/m0/s1. The number of hydrogen-bond donors (Lipinski definition) is 3. The molecular weight excluding hydrogens is 609 g/mol. The van der Waals surface area contributed by atoms with Gasteiger partial charge in [-0.15, -0.1) is 0 Å². The highest BCUT2D eigenvalue weighted by Crippen LogP contribution is 2.66. The number of hydrogen-bond acceptors (Lipinski definition) is 9. The number of nitrogens with zero attached hydrogens (tertiary/aromatic N) is 3. The molecule has 1 fully saturated rings. The van der Waals surface area contributed by atoms with Gasteiger partial charge in [-0.05, 0) is 60.8 Å². The van der Waals surface area contributed by atoms with Crippen molar-refractivity contribution in [3.05, 3.63) is 58.9 Å². The lowest BCUT2D eigenvalue weighted by Gasteiger charge is -2.34. The number of carbonyl (C=O) groups is 2. The molecule has 44 heavy (non-hydrogen) atoms. The Morgan fingerprint density at radius 3 is 2.70 bits per heavy atom. The summed E-state index contributed by atoms with van der Waals surface area (Å²) < 4.78 is 40.5. The first-order valence-electron chi connectivity index (χ1n) is 13.9. The van der Waals surface area contributed by atoms with E-state index >= 15 is 8.78 Å². The van der Waals surface area contributed by atoms with Gasteiger partial charge in [-0.2, -0.15) is 0 Å². The molecule has 2 aliphatic rings. The number of aliphatic hydroxyl groups is 1. The molecule has 3 N–H and O–H groups in total. The van der Waals surface area contributed by atoms with Crippen molar-refractivity contribution < 1.29 is 33.0 Å². The lowest BCUT2D eigenvalue weighted by Crippen LogP contribution is -2.43. The summed E-state index contributed by atoms with van der Waals surface area (Å²) in [5.74, 6) is 2.98. The fraction of sp³-hybridized carbons (Fsp3) is 0.433. The van der Waals surface area contributed by atoms with Crippen LogP contribution in [0.5, 0.6) is 0 Å². The van der Waals surface area contributed by atoms with Crippen molar-refractivity contribution in [2.75, 3.05) is 27.0 Å². The van der Waals surface area contributed by atoms with Crippen LogP contribution in [0.15, 0.2) is 35.6 Å². The molecular formula is C30H35F2N5O5SSi. The Morgan fingerprint density at radius 1 is 1.27 bits per heavy atom. The lowest BCUT2D eigenvalue weighted by molar-refractivity contribution is -0.121. The Hall–Kier alpha value is -3.64. The first kappa shape index (κ1) is 33.3. The third-order valence-electron chi connectivity index (χ3n) is 7.31. The molecule has 1 aliphatic heterocycles. The number of aliphatic hydroxyl groups excluding tert-OH is 1. The molecule has 0 radical (unpaired) electrons. The Balaban J connectivity index is 1.58. The van der Waals surface area contributed by atoms with Crippen LogP contribution in [-0.4, -0.2) is 72.1 Å². The van der Waals surface area contributed by atoms with E-state index in [1.54, 1.807) is 6.92 Å². The molecule has 1 aromatic heterocycles. The van der Waals surface area contributed by atoms with E-state index in [2.05, 4.69) is 57.1 Å². The maximum atomic E-state index is 15.4. The van der Waals surface area contributed by atoms with Crippen LogP contribution < -0.4 is 10.6 Å². The number of rotatable bonds is 9. The minimum Gasteiger partial charge on any atom is -0.385 e. The van der Waals surface area contributed by atoms with Crippen LogP contribution in [0.1, 0.15) is 35.9 Å². The van der Waals surface area contributed by atoms with Gasteiger partial charge in [0.2, 0.25) is 5.91 Å². The van der Waals surface area contributed by atoms with Crippen LogP contribution in [0.4, 0.5) is 13.6 Å². The van der Waals surface area contributed by atoms with Gasteiger partial charge in [-0.25, -0.2) is 28.5 Å². The number of halogens is 2. The number of aromatic nitrogens is 2. The monoisotopic (exact) mass is 643 g/mol. The Morgan fingerprint density at radius 2 is 2.05 bits per heavy atom. The molecule has 234 valence electrons. The molecule has 0 spiro atoms. The highest BCUT2D eigenvalue weighted by molar-refractivity contribution is 8.15. The summed E-state index contributed by atoms with van der Waals surface area (Å²) in [6, 6.07) is 5.00. The van der Waals surface area contributed by atoms with Gasteiger partial charge >= 0.3 is 6.09 Å². The predicted octanol–water partition coefficient (Wildman–Crippen LogP) is 4.29. The molecule has 1 saturated carbocycles. The van der Waals surface area contributed by atoms with E-state index in [-0.39, 0.29) is 41.4 Å². The molecule has 0 saturated heterocycles. The molecule has 1 aliphatic carbocycles. The smallest absolute Gasteiger partial charge is 0.385 e. The average molecular weight is 644 g/mol. The van der Waals surface area contributed by atoms with Gasteiger partial charge < -0.3 is 19.9 Å². The van der Waals surface area contributed by atoms with E-state index in [0.717, 1.165) is 17.8 Å². The average Bonchev–Trinajstić information content (AvgIpc) is 3.73. The third-order valence-corrected chi connectivity index (χ3v) is 10.4. The number of amides is 2. The summed E-state index contributed by atoms with van der Waals surface area (Å²) in [6.07, 6.45) is 3.21. The summed E-state index contributed by atoms with van der Waals surface area (Å²) in [5.41, 5.74) is -0.659. The van der Waals surface area contributed by atoms with E-state index in [1.165, 1.54) is 43.7 Å². The summed E-state index contributed by atoms with van der Waals surface area (Å²) in [4.78, 5) is 38.2. The summed E-state index contributed by atoms with van der Waals surface area (Å²) >= 11 is 1.02. The number of fused-ring (bicyclic) bond motifs is 1. The lowest BCUT2D eigenvalue weighted by atomic mass is 9.84. The van der Waals surface area contributed by atoms with Crippen molar-refractivity contribution in [2.24, 2.45) is 10.9 Å². The summed E-state index contributed by atoms with van der Waals surface area (Å²) in [6.45, 7) is 8.44. The number of aliphatic imine (C=N–C) groups is 1. The van der Waals surface area contributed by atoms with E-state index in [9.17, 15) is 9.59 Å². The van der Waals surface area contributed by atoms with Gasteiger partial charge in [0.25, 0.3) is 5.23 Å². The van der Waals surface area contributed by atoms with Crippen molar-refractivity contribution in [1.82, 2.24) is 20.6 Å². The molecule has 2 aromatic rings. The largest absolute Gasteiger partial charge is 0.416 e. The highest BCUT2D eigenvalue weighted by Gasteiger charge is 2.71. The highest BCUT2D eigenvalue weighted by atomic mass is 32.2. The van der Waals surface area contributed by atoms with Gasteiger partial charge in [0.05, 0.1) is 17.9 Å². The van der Waals surface area contributed by atoms with Crippen LogP contribution >= 0.6 is 11.8 Å². The minimum atomic E-state index is -1.31. The zero-order chi connectivity index (χ0) is 32.1. The number of ether oxygens (including phenoxy) is 2. The van der Waals surface area contributed by atoms with Gasteiger partial charge in [0, 0.05) is 33.2 Å². The van der Waals surface area contributed by atoms with Crippen LogP contribution in [-0.2, 0) is 19.8 Å². The van der Waals surface area contributed by atoms with Crippen molar-refractivity contribution in [2.45, 2.75) is 49.3 Å². The van der Waals surface area contributed by atoms with Gasteiger partial charge in [-0.1, -0.05) is 31.6 Å². The molecule has 3 atom stereocenters. The number of alkyl carbamates (subject to hydrolysis) is 1. The molecule has 2 amide bonds. The van der Waals surface area contributed by atoms with Crippen molar-refractivity contribution in [1.29, 1.82) is 0 Å². The van der Waals surface area contributed by atoms with E-state index in [4.69, 9.17) is 14.6 Å². The number of thioether (sulfide) groups is 1. The van der Waals surface area contributed by atoms with Gasteiger partial charge in [-0.3, -0.25) is 10.1 Å². The van der Waals surface area contributed by atoms with Gasteiger partial charge in [0.1, 0.15) is 35.3 Å². The molecule has 4 rings (SSSR count). The summed E-state index contributed by atoms with van der Waals surface area (Å²) in [7, 11) is 0.218. The Labute approximate surface area is 260 Å². The third kappa shape index (κ3) is 7.70. The first-order valence-corrected chi connectivity index (χ1v) is 18.5. The van der Waals surface area contributed by atoms with Crippen molar-refractivity contribution in [3.8, 4) is 11.8 Å². The second-order valence-corrected chi connectivity index (χ2v) is 18.7. The number of benzene rings is 1. The zero-order valence-corrected chi connectivity index (χ0v) is 27.0. The summed E-state index contributed by atoms with van der Waals surface area (Å²) in [5, 5.41) is 13.9. The van der Waals surface area contributed by atoms with Crippen LogP contribution in [0, 0.1) is 23.6 Å².